The predicted molar refractivity (Wildman–Crippen MR) is 97.0 cm³/mol. The van der Waals surface area contributed by atoms with Crippen molar-refractivity contribution in [1.82, 2.24) is 15.2 Å². The van der Waals surface area contributed by atoms with Crippen molar-refractivity contribution in [2.45, 2.75) is 70.9 Å². The van der Waals surface area contributed by atoms with Crippen LogP contribution < -0.4 is 11.1 Å². The first-order chi connectivity index (χ1) is 12.0. The SMILES string of the molecule is Cc1nc(CN2CCC(CNC(=O)C3(N)CCCCC3)CC2)oc1C. The van der Waals surface area contributed by atoms with Crippen LogP contribution in [0.2, 0.25) is 0 Å². The van der Waals surface area contributed by atoms with E-state index in [1.54, 1.807) is 0 Å². The zero-order chi connectivity index (χ0) is 17.9. The van der Waals surface area contributed by atoms with Crippen LogP contribution >= 0.6 is 0 Å². The number of nitrogens with two attached hydrogens (primary N) is 1. The highest BCUT2D eigenvalue weighted by atomic mass is 16.4. The van der Waals surface area contributed by atoms with Gasteiger partial charge < -0.3 is 15.5 Å². The highest BCUT2D eigenvalue weighted by Crippen LogP contribution is 2.26. The predicted octanol–water partition coefficient (Wildman–Crippen LogP) is 2.28. The lowest BCUT2D eigenvalue weighted by Gasteiger charge is -2.34. The van der Waals surface area contributed by atoms with E-state index in [1.807, 2.05) is 13.8 Å². The summed E-state index contributed by atoms with van der Waals surface area (Å²) in [5, 5.41) is 3.12. The molecule has 0 radical (unpaired) electrons. The number of carbonyl (C=O) groups is 1. The van der Waals surface area contributed by atoms with Gasteiger partial charge in [-0.05, 0) is 58.5 Å². The quantitative estimate of drug-likeness (QED) is 0.853. The lowest BCUT2D eigenvalue weighted by molar-refractivity contribution is -0.127. The summed E-state index contributed by atoms with van der Waals surface area (Å²) in [5.41, 5.74) is 6.66. The molecule has 2 heterocycles. The number of piperidine rings is 1. The Balaban J connectivity index is 1.39. The van der Waals surface area contributed by atoms with E-state index in [-0.39, 0.29) is 5.91 Å². The van der Waals surface area contributed by atoms with Gasteiger partial charge in [-0.1, -0.05) is 19.3 Å². The Morgan fingerprint density at radius 2 is 1.96 bits per heavy atom. The molecule has 140 valence electrons. The molecule has 1 aliphatic carbocycles. The maximum atomic E-state index is 12.4. The first-order valence-corrected chi connectivity index (χ1v) is 9.69. The number of amides is 1. The lowest BCUT2D eigenvalue weighted by atomic mass is 9.81. The molecule has 0 unspecified atom stereocenters. The molecule has 25 heavy (non-hydrogen) atoms. The van der Waals surface area contributed by atoms with Crippen molar-refractivity contribution >= 4 is 5.91 Å². The summed E-state index contributed by atoms with van der Waals surface area (Å²) in [6.45, 7) is 7.51. The summed E-state index contributed by atoms with van der Waals surface area (Å²) in [4.78, 5) is 19.3. The van der Waals surface area contributed by atoms with Gasteiger partial charge >= 0.3 is 0 Å². The molecule has 3 N–H and O–H groups in total. The van der Waals surface area contributed by atoms with Crippen LogP contribution in [0.15, 0.2) is 4.42 Å². The molecule has 3 rings (SSSR count). The number of likely N-dealkylation sites (tertiary alicyclic amines) is 1. The Labute approximate surface area is 150 Å². The number of oxazole rings is 1. The third-order valence-corrected chi connectivity index (χ3v) is 5.89. The number of hydrogen-bond donors (Lipinski definition) is 2. The molecule has 1 amide bonds. The zero-order valence-electron chi connectivity index (χ0n) is 15.6. The van der Waals surface area contributed by atoms with E-state index in [4.69, 9.17) is 10.2 Å². The van der Waals surface area contributed by atoms with Crippen LogP contribution in [0.4, 0.5) is 0 Å². The van der Waals surface area contributed by atoms with Gasteiger partial charge in [0.25, 0.3) is 0 Å². The van der Waals surface area contributed by atoms with Gasteiger partial charge in [-0.2, -0.15) is 0 Å². The minimum Gasteiger partial charge on any atom is -0.444 e. The Hall–Kier alpha value is -1.40. The van der Waals surface area contributed by atoms with E-state index >= 15 is 0 Å². The van der Waals surface area contributed by atoms with E-state index < -0.39 is 5.54 Å². The van der Waals surface area contributed by atoms with Crippen molar-refractivity contribution in [3.05, 3.63) is 17.3 Å². The third-order valence-electron chi connectivity index (χ3n) is 5.89. The van der Waals surface area contributed by atoms with Crippen molar-refractivity contribution < 1.29 is 9.21 Å². The summed E-state index contributed by atoms with van der Waals surface area (Å²) in [7, 11) is 0. The van der Waals surface area contributed by atoms with Crippen LogP contribution in [0.1, 0.15) is 62.3 Å². The van der Waals surface area contributed by atoms with Crippen LogP contribution in [0.5, 0.6) is 0 Å². The molecule has 1 aliphatic heterocycles. The molecule has 0 spiro atoms. The molecule has 2 aliphatic rings. The van der Waals surface area contributed by atoms with Crippen LogP contribution in [-0.2, 0) is 11.3 Å². The van der Waals surface area contributed by atoms with E-state index in [2.05, 4.69) is 15.2 Å². The number of hydrogen-bond acceptors (Lipinski definition) is 5. The maximum Gasteiger partial charge on any atom is 0.240 e. The van der Waals surface area contributed by atoms with Crippen molar-refractivity contribution in [3.8, 4) is 0 Å². The molecular formula is C19H32N4O2. The van der Waals surface area contributed by atoms with Gasteiger partial charge in [0.05, 0.1) is 17.8 Å². The second-order valence-electron chi connectivity index (χ2n) is 7.90. The first-order valence-electron chi connectivity index (χ1n) is 9.69. The highest BCUT2D eigenvalue weighted by molar-refractivity contribution is 5.86. The van der Waals surface area contributed by atoms with E-state index in [9.17, 15) is 4.79 Å². The molecule has 6 heteroatoms. The van der Waals surface area contributed by atoms with Gasteiger partial charge in [0.15, 0.2) is 0 Å². The van der Waals surface area contributed by atoms with Crippen LogP contribution in [0.3, 0.4) is 0 Å². The number of nitrogens with one attached hydrogen (secondary N) is 1. The van der Waals surface area contributed by atoms with Crippen LogP contribution in [0.25, 0.3) is 0 Å². The summed E-state index contributed by atoms with van der Waals surface area (Å²) in [6.07, 6.45) is 7.18. The molecular weight excluding hydrogens is 316 g/mol. The summed E-state index contributed by atoms with van der Waals surface area (Å²) >= 11 is 0. The Morgan fingerprint density at radius 1 is 1.28 bits per heavy atom. The average molecular weight is 348 g/mol. The number of rotatable bonds is 5. The topological polar surface area (TPSA) is 84.4 Å². The number of aryl methyl sites for hydroxylation is 2. The Morgan fingerprint density at radius 3 is 2.56 bits per heavy atom. The maximum absolute atomic E-state index is 12.4. The lowest BCUT2D eigenvalue weighted by Crippen LogP contribution is -2.55. The Bertz CT molecular complexity index is 565. The molecule has 0 bridgehead atoms. The second-order valence-corrected chi connectivity index (χ2v) is 7.90. The fourth-order valence-electron chi connectivity index (χ4n) is 3.97. The van der Waals surface area contributed by atoms with Gasteiger partial charge in [-0.3, -0.25) is 9.69 Å². The van der Waals surface area contributed by atoms with Crippen molar-refractivity contribution in [3.63, 3.8) is 0 Å². The molecule has 0 atom stereocenters. The zero-order valence-corrected chi connectivity index (χ0v) is 15.6. The van der Waals surface area contributed by atoms with E-state index in [1.165, 1.54) is 6.42 Å². The number of carbonyl (C=O) groups excluding carboxylic acids is 1. The average Bonchev–Trinajstić information content (AvgIpc) is 2.92. The van der Waals surface area contributed by atoms with Crippen molar-refractivity contribution in [1.29, 1.82) is 0 Å². The molecule has 1 aromatic rings. The van der Waals surface area contributed by atoms with Gasteiger partial charge in [0.1, 0.15) is 5.76 Å². The van der Waals surface area contributed by atoms with Gasteiger partial charge in [-0.15, -0.1) is 0 Å². The number of aromatic nitrogens is 1. The molecule has 2 fully saturated rings. The minimum atomic E-state index is -0.625. The smallest absolute Gasteiger partial charge is 0.240 e. The number of nitrogens with zero attached hydrogens (tertiary/aromatic N) is 2. The van der Waals surface area contributed by atoms with Gasteiger partial charge in [0, 0.05) is 6.54 Å². The standard InChI is InChI=1S/C19H32N4O2/c1-14-15(2)25-17(22-14)13-23-10-6-16(7-11-23)12-21-18(24)19(20)8-4-3-5-9-19/h16H,3-13,20H2,1-2H3,(H,21,24). The summed E-state index contributed by atoms with van der Waals surface area (Å²) < 4.78 is 5.68. The van der Waals surface area contributed by atoms with Crippen molar-refractivity contribution in [2.24, 2.45) is 11.7 Å². The highest BCUT2D eigenvalue weighted by Gasteiger charge is 2.35. The third kappa shape index (κ3) is 4.61. The molecule has 6 nitrogen and oxygen atoms in total. The van der Waals surface area contributed by atoms with Crippen LogP contribution in [-0.4, -0.2) is 41.0 Å². The summed E-state index contributed by atoms with van der Waals surface area (Å²) in [6, 6.07) is 0. The molecule has 1 aromatic heterocycles. The van der Waals surface area contributed by atoms with E-state index in [0.29, 0.717) is 5.92 Å². The van der Waals surface area contributed by atoms with Crippen molar-refractivity contribution in [2.75, 3.05) is 19.6 Å². The largest absolute Gasteiger partial charge is 0.444 e. The first kappa shape index (κ1) is 18.4. The minimum absolute atomic E-state index is 0.0559. The van der Waals surface area contributed by atoms with E-state index in [0.717, 1.165) is 82.0 Å². The van der Waals surface area contributed by atoms with Crippen LogP contribution in [0, 0.1) is 19.8 Å². The molecule has 0 aromatic carbocycles. The summed E-state index contributed by atoms with van der Waals surface area (Å²) in [5.74, 6) is 2.32. The van der Waals surface area contributed by atoms with Gasteiger partial charge in [-0.25, -0.2) is 4.98 Å². The normalized spacial score (nSPS) is 22.0. The van der Waals surface area contributed by atoms with Gasteiger partial charge in [0.2, 0.25) is 11.8 Å². The second kappa shape index (κ2) is 7.87. The molecule has 1 saturated heterocycles. The Kier molecular flexibility index (Phi) is 5.79. The molecule has 1 saturated carbocycles. The monoisotopic (exact) mass is 348 g/mol. The fraction of sp³-hybridized carbons (Fsp3) is 0.789. The fourth-order valence-corrected chi connectivity index (χ4v) is 3.97.